The summed E-state index contributed by atoms with van der Waals surface area (Å²) in [6.45, 7) is 0. The largest absolute Gasteiger partial charge is 0.347 e. The highest BCUT2D eigenvalue weighted by molar-refractivity contribution is 6.35. The summed E-state index contributed by atoms with van der Waals surface area (Å²) in [5.41, 5.74) is 3.07. The summed E-state index contributed by atoms with van der Waals surface area (Å²) in [6, 6.07) is 19.7. The van der Waals surface area contributed by atoms with Crippen LogP contribution in [0.3, 0.4) is 0 Å². The predicted octanol–water partition coefficient (Wildman–Crippen LogP) is 4.03. The number of aromatic nitrogens is 3. The molecule has 0 aliphatic rings. The van der Waals surface area contributed by atoms with Gasteiger partial charge in [0, 0.05) is 17.4 Å². The number of H-pyrrole nitrogens is 1. The molecule has 112 valence electrons. The van der Waals surface area contributed by atoms with E-state index in [1.807, 2.05) is 71.4 Å². The number of para-hydroxylation sites is 1. The van der Waals surface area contributed by atoms with Crippen LogP contribution in [0.15, 0.2) is 71.7 Å². The minimum absolute atomic E-state index is 0.206. The summed E-state index contributed by atoms with van der Waals surface area (Å²) in [5.74, 6) is 0. The zero-order valence-corrected chi connectivity index (χ0v) is 12.8. The molecule has 2 aromatic carbocycles. The number of halogens is 1. The minimum atomic E-state index is -0.461. The SMILES string of the molecule is O=c1nc(Cl)c2c(-c3ccccc3)cn(-c3ccccc3)c2[nH]1. The van der Waals surface area contributed by atoms with E-state index >= 15 is 0 Å². The number of hydrogen-bond donors (Lipinski definition) is 1. The van der Waals surface area contributed by atoms with E-state index in [0.717, 1.165) is 22.2 Å². The second-order valence-electron chi connectivity index (χ2n) is 5.17. The second-order valence-corrected chi connectivity index (χ2v) is 5.53. The highest BCUT2D eigenvalue weighted by Gasteiger charge is 2.16. The first-order chi connectivity index (χ1) is 11.2. The summed E-state index contributed by atoms with van der Waals surface area (Å²) >= 11 is 6.27. The molecule has 0 amide bonds. The molecule has 4 rings (SSSR count). The lowest BCUT2D eigenvalue weighted by Gasteiger charge is -2.04. The van der Waals surface area contributed by atoms with Crippen molar-refractivity contribution in [3.8, 4) is 16.8 Å². The van der Waals surface area contributed by atoms with E-state index < -0.39 is 5.69 Å². The Morgan fingerprint density at radius 1 is 0.957 bits per heavy atom. The summed E-state index contributed by atoms with van der Waals surface area (Å²) in [5, 5.41) is 0.943. The summed E-state index contributed by atoms with van der Waals surface area (Å²) in [4.78, 5) is 18.4. The van der Waals surface area contributed by atoms with Crippen molar-refractivity contribution in [2.45, 2.75) is 0 Å². The second kappa shape index (κ2) is 5.41. The maximum Gasteiger partial charge on any atom is 0.347 e. The van der Waals surface area contributed by atoms with Crippen molar-refractivity contribution in [2.24, 2.45) is 0 Å². The normalized spacial score (nSPS) is 11.0. The van der Waals surface area contributed by atoms with Gasteiger partial charge in [0.2, 0.25) is 0 Å². The molecule has 0 radical (unpaired) electrons. The molecule has 2 aromatic heterocycles. The number of aromatic amines is 1. The van der Waals surface area contributed by atoms with Crippen LogP contribution in [0.1, 0.15) is 0 Å². The Kier molecular flexibility index (Phi) is 3.24. The Hall–Kier alpha value is -2.85. The van der Waals surface area contributed by atoms with Crippen molar-refractivity contribution in [1.82, 2.24) is 14.5 Å². The molecule has 0 saturated carbocycles. The van der Waals surface area contributed by atoms with Crippen LogP contribution >= 0.6 is 11.6 Å². The number of rotatable bonds is 2. The lowest BCUT2D eigenvalue weighted by atomic mass is 10.1. The highest BCUT2D eigenvalue weighted by atomic mass is 35.5. The molecule has 4 nitrogen and oxygen atoms in total. The third-order valence-electron chi connectivity index (χ3n) is 3.76. The maximum atomic E-state index is 11.8. The lowest BCUT2D eigenvalue weighted by molar-refractivity contribution is 1.04. The number of hydrogen-bond acceptors (Lipinski definition) is 2. The topological polar surface area (TPSA) is 50.7 Å². The van der Waals surface area contributed by atoms with Crippen LogP contribution in [0.2, 0.25) is 5.15 Å². The number of nitrogens with zero attached hydrogens (tertiary/aromatic N) is 2. The van der Waals surface area contributed by atoms with Gasteiger partial charge in [0.25, 0.3) is 0 Å². The van der Waals surface area contributed by atoms with Crippen LogP contribution in [0.4, 0.5) is 0 Å². The molecule has 4 aromatic rings. The highest BCUT2D eigenvalue weighted by Crippen LogP contribution is 2.34. The van der Waals surface area contributed by atoms with Gasteiger partial charge in [0.15, 0.2) is 0 Å². The molecule has 0 saturated heterocycles. The Labute approximate surface area is 137 Å². The molecule has 0 unspecified atom stereocenters. The Morgan fingerprint density at radius 3 is 2.30 bits per heavy atom. The van der Waals surface area contributed by atoms with E-state index in [-0.39, 0.29) is 5.15 Å². The molecule has 1 N–H and O–H groups in total. The van der Waals surface area contributed by atoms with Gasteiger partial charge in [-0.2, -0.15) is 4.98 Å². The van der Waals surface area contributed by atoms with Gasteiger partial charge in [0.1, 0.15) is 10.8 Å². The average molecular weight is 322 g/mol. The first kappa shape index (κ1) is 13.8. The lowest BCUT2D eigenvalue weighted by Crippen LogP contribution is -2.11. The van der Waals surface area contributed by atoms with Crippen LogP contribution in [0.25, 0.3) is 27.8 Å². The first-order valence-corrected chi connectivity index (χ1v) is 7.53. The summed E-state index contributed by atoms with van der Waals surface area (Å²) < 4.78 is 1.92. The Bertz CT molecular complexity index is 1040. The molecule has 0 fully saturated rings. The molecule has 5 heteroatoms. The molecular weight excluding hydrogens is 310 g/mol. The summed E-state index contributed by atoms with van der Waals surface area (Å²) in [6.07, 6.45) is 1.97. The minimum Gasteiger partial charge on any atom is -0.302 e. The van der Waals surface area contributed by atoms with E-state index in [9.17, 15) is 4.79 Å². The molecule has 0 atom stereocenters. The van der Waals surface area contributed by atoms with E-state index in [1.54, 1.807) is 0 Å². The van der Waals surface area contributed by atoms with Crippen molar-refractivity contribution in [1.29, 1.82) is 0 Å². The zero-order chi connectivity index (χ0) is 15.8. The molecule has 2 heterocycles. The molecule has 23 heavy (non-hydrogen) atoms. The van der Waals surface area contributed by atoms with Crippen molar-refractivity contribution < 1.29 is 0 Å². The third-order valence-corrected chi connectivity index (χ3v) is 4.03. The van der Waals surface area contributed by atoms with E-state index in [0.29, 0.717) is 5.65 Å². The number of benzene rings is 2. The average Bonchev–Trinajstić information content (AvgIpc) is 2.96. The van der Waals surface area contributed by atoms with E-state index in [1.165, 1.54) is 0 Å². The standard InChI is InChI=1S/C18H12ClN3O/c19-16-15-14(12-7-3-1-4-8-12)11-22(13-9-5-2-6-10-13)17(15)21-18(23)20-16/h1-11H,(H,20,21,23). The van der Waals surface area contributed by atoms with Gasteiger partial charge in [-0.05, 0) is 17.7 Å². The Morgan fingerprint density at radius 2 is 1.61 bits per heavy atom. The fraction of sp³-hybridized carbons (Fsp3) is 0. The molecular formula is C18H12ClN3O. The van der Waals surface area contributed by atoms with Crippen LogP contribution in [-0.2, 0) is 0 Å². The van der Waals surface area contributed by atoms with Gasteiger partial charge in [-0.15, -0.1) is 0 Å². The van der Waals surface area contributed by atoms with E-state index in [2.05, 4.69) is 9.97 Å². The van der Waals surface area contributed by atoms with Crippen molar-refractivity contribution >= 4 is 22.6 Å². The van der Waals surface area contributed by atoms with Crippen LogP contribution in [0, 0.1) is 0 Å². The zero-order valence-electron chi connectivity index (χ0n) is 12.0. The number of fused-ring (bicyclic) bond motifs is 1. The fourth-order valence-electron chi connectivity index (χ4n) is 2.74. The van der Waals surface area contributed by atoms with Crippen LogP contribution in [-0.4, -0.2) is 14.5 Å². The van der Waals surface area contributed by atoms with Gasteiger partial charge in [-0.1, -0.05) is 60.1 Å². The third kappa shape index (κ3) is 2.33. The van der Waals surface area contributed by atoms with Crippen LogP contribution < -0.4 is 5.69 Å². The van der Waals surface area contributed by atoms with Gasteiger partial charge in [-0.25, -0.2) is 4.79 Å². The van der Waals surface area contributed by atoms with Crippen molar-refractivity contribution in [3.05, 3.63) is 82.5 Å². The maximum absolute atomic E-state index is 11.8. The van der Waals surface area contributed by atoms with E-state index in [4.69, 9.17) is 11.6 Å². The van der Waals surface area contributed by atoms with Gasteiger partial charge in [-0.3, -0.25) is 4.98 Å². The fourth-order valence-corrected chi connectivity index (χ4v) is 3.01. The predicted molar refractivity (Wildman–Crippen MR) is 92.1 cm³/mol. The first-order valence-electron chi connectivity index (χ1n) is 7.16. The molecule has 0 aliphatic carbocycles. The molecule has 0 bridgehead atoms. The van der Waals surface area contributed by atoms with Crippen molar-refractivity contribution in [3.63, 3.8) is 0 Å². The van der Waals surface area contributed by atoms with Gasteiger partial charge in [0.05, 0.1) is 5.39 Å². The summed E-state index contributed by atoms with van der Waals surface area (Å²) in [7, 11) is 0. The Balaban J connectivity index is 2.11. The monoisotopic (exact) mass is 321 g/mol. The smallest absolute Gasteiger partial charge is 0.302 e. The van der Waals surface area contributed by atoms with Gasteiger partial charge < -0.3 is 4.57 Å². The van der Waals surface area contributed by atoms with Gasteiger partial charge >= 0.3 is 5.69 Å². The molecule has 0 aliphatic heterocycles. The molecule has 0 spiro atoms. The quantitative estimate of drug-likeness (QED) is 0.567. The number of nitrogens with one attached hydrogen (secondary N) is 1. The van der Waals surface area contributed by atoms with Crippen LogP contribution in [0.5, 0.6) is 0 Å². The van der Waals surface area contributed by atoms with Crippen molar-refractivity contribution in [2.75, 3.05) is 0 Å².